The van der Waals surface area contributed by atoms with Gasteiger partial charge < -0.3 is 31.3 Å². The summed E-state index contributed by atoms with van der Waals surface area (Å²) in [6.45, 7) is 6.04. The second-order valence-corrected chi connectivity index (χ2v) is 9.71. The summed E-state index contributed by atoms with van der Waals surface area (Å²) < 4.78 is 21.7. The highest BCUT2D eigenvalue weighted by atomic mass is 19.1. The first-order valence-electron chi connectivity index (χ1n) is 12.6. The van der Waals surface area contributed by atoms with Crippen LogP contribution in [0.25, 0.3) is 21.8 Å². The van der Waals surface area contributed by atoms with Gasteiger partial charge in [0.15, 0.2) is 5.82 Å². The number of ether oxygens (including phenoxy) is 1. The summed E-state index contributed by atoms with van der Waals surface area (Å²) in [5, 5.41) is 14.1. The summed E-state index contributed by atoms with van der Waals surface area (Å²) in [5.74, 6) is -0.996. The minimum Gasteiger partial charge on any atom is -0.462 e. The van der Waals surface area contributed by atoms with E-state index in [1.54, 1.807) is 31.6 Å². The Morgan fingerprint density at radius 1 is 1.21 bits per heavy atom. The zero-order valence-corrected chi connectivity index (χ0v) is 21.9. The fourth-order valence-corrected chi connectivity index (χ4v) is 4.94. The zero-order valence-electron chi connectivity index (χ0n) is 21.9. The molecule has 0 unspecified atom stereocenters. The number of carbonyl (C=O) groups is 2. The Kier molecular flexibility index (Phi) is 7.15. The Bertz CT molecular complexity index is 1550. The number of nitrogens with two attached hydrogens (primary N) is 1. The van der Waals surface area contributed by atoms with E-state index in [0.29, 0.717) is 22.0 Å². The lowest BCUT2D eigenvalue weighted by molar-refractivity contribution is 0.102. The summed E-state index contributed by atoms with van der Waals surface area (Å²) in [4.78, 5) is 35.5. The SMILES string of the molecule is C[C@@H]1CN(c2ccc(C(=O)Nc3cc(F)c4nn(C)cc4c3)c3nc(OCCNC(N)=O)ncc23)C[C@H](C)N1. The molecule has 5 N–H and O–H groups in total. The monoisotopic (exact) mass is 535 g/mol. The number of anilines is 2. The standard InChI is InChI=1S/C26H30FN9O3/c1-14-11-36(12-15(2)31-14)21-5-4-18(23-19(21)10-30-26(33-23)39-7-6-29-25(28)38)24(37)32-17-8-16-13-35(3)34-22(16)20(27)9-17/h4-5,8-10,13-15,31H,6-7,11-12H2,1-3H3,(H,32,37)(H3,28,29,38)/t14-,15+. The maximum Gasteiger partial charge on any atom is 0.317 e. The van der Waals surface area contributed by atoms with Crippen molar-refractivity contribution < 1.29 is 18.7 Å². The molecule has 2 aromatic carbocycles. The molecule has 1 aliphatic heterocycles. The number of nitrogens with zero attached hydrogens (tertiary/aromatic N) is 5. The third-order valence-corrected chi connectivity index (χ3v) is 6.42. The number of hydrogen-bond acceptors (Lipinski definition) is 8. The van der Waals surface area contributed by atoms with Gasteiger partial charge in [0.2, 0.25) is 0 Å². The molecule has 12 nitrogen and oxygen atoms in total. The number of carbonyl (C=O) groups excluding carboxylic acids is 2. The van der Waals surface area contributed by atoms with Crippen molar-refractivity contribution in [2.45, 2.75) is 25.9 Å². The Morgan fingerprint density at radius 3 is 2.72 bits per heavy atom. The number of primary amides is 1. The average molecular weight is 536 g/mol. The zero-order chi connectivity index (χ0) is 27.7. The number of piperazine rings is 1. The molecule has 2 aromatic heterocycles. The quantitative estimate of drug-likeness (QED) is 0.263. The van der Waals surface area contributed by atoms with E-state index < -0.39 is 17.8 Å². The molecular formula is C26H30FN9O3. The molecule has 0 aliphatic carbocycles. The fourth-order valence-electron chi connectivity index (χ4n) is 4.94. The number of halogens is 1. The van der Waals surface area contributed by atoms with Crippen molar-refractivity contribution in [2.24, 2.45) is 12.8 Å². The van der Waals surface area contributed by atoms with Gasteiger partial charge in [-0.25, -0.2) is 14.2 Å². The van der Waals surface area contributed by atoms with Gasteiger partial charge in [-0.3, -0.25) is 9.48 Å². The van der Waals surface area contributed by atoms with Crippen molar-refractivity contribution in [1.29, 1.82) is 0 Å². The number of fused-ring (bicyclic) bond motifs is 2. The second-order valence-electron chi connectivity index (χ2n) is 9.71. The van der Waals surface area contributed by atoms with E-state index in [9.17, 15) is 14.0 Å². The lowest BCUT2D eigenvalue weighted by Crippen LogP contribution is -2.54. The van der Waals surface area contributed by atoms with Gasteiger partial charge in [-0.15, -0.1) is 0 Å². The highest BCUT2D eigenvalue weighted by molar-refractivity contribution is 6.14. The summed E-state index contributed by atoms with van der Waals surface area (Å²) in [5.41, 5.74) is 7.17. The van der Waals surface area contributed by atoms with E-state index in [2.05, 4.69) is 49.8 Å². The number of hydrogen-bond donors (Lipinski definition) is 4. The van der Waals surface area contributed by atoms with E-state index in [0.717, 1.165) is 18.8 Å². The molecule has 1 fully saturated rings. The van der Waals surface area contributed by atoms with Gasteiger partial charge in [-0.1, -0.05) is 0 Å². The topological polar surface area (TPSA) is 152 Å². The number of benzene rings is 2. The molecule has 2 atom stereocenters. The number of nitrogens with one attached hydrogen (secondary N) is 3. The predicted molar refractivity (Wildman–Crippen MR) is 146 cm³/mol. The molecule has 3 heterocycles. The van der Waals surface area contributed by atoms with Gasteiger partial charge in [0.05, 0.1) is 17.6 Å². The van der Waals surface area contributed by atoms with Crippen LogP contribution in [0.15, 0.2) is 36.7 Å². The van der Waals surface area contributed by atoms with Crippen LogP contribution in [0, 0.1) is 5.82 Å². The normalized spacial score (nSPS) is 17.4. The van der Waals surface area contributed by atoms with Gasteiger partial charge in [0.1, 0.15) is 12.1 Å². The van der Waals surface area contributed by atoms with Gasteiger partial charge in [-0.05, 0) is 38.1 Å². The maximum absolute atomic E-state index is 14.6. The average Bonchev–Trinajstić information content (AvgIpc) is 3.25. The van der Waals surface area contributed by atoms with Crippen LogP contribution in [0.3, 0.4) is 0 Å². The number of rotatable bonds is 7. The van der Waals surface area contributed by atoms with E-state index in [4.69, 9.17) is 10.5 Å². The van der Waals surface area contributed by atoms with Gasteiger partial charge >= 0.3 is 12.0 Å². The Hall–Kier alpha value is -4.52. The lowest BCUT2D eigenvalue weighted by Gasteiger charge is -2.38. The summed E-state index contributed by atoms with van der Waals surface area (Å²) in [6, 6.07) is 6.41. The van der Waals surface area contributed by atoms with Crippen LogP contribution in [-0.2, 0) is 7.05 Å². The predicted octanol–water partition coefficient (Wildman–Crippen LogP) is 2.14. The van der Waals surface area contributed by atoms with Crippen molar-refractivity contribution >= 4 is 45.1 Å². The highest BCUT2D eigenvalue weighted by Gasteiger charge is 2.25. The second kappa shape index (κ2) is 10.7. The maximum atomic E-state index is 14.6. The van der Waals surface area contributed by atoms with Crippen LogP contribution in [0.4, 0.5) is 20.6 Å². The van der Waals surface area contributed by atoms with E-state index in [1.807, 2.05) is 6.07 Å². The molecule has 0 spiro atoms. The molecule has 0 radical (unpaired) electrons. The smallest absolute Gasteiger partial charge is 0.317 e. The molecule has 4 aromatic rings. The van der Waals surface area contributed by atoms with Crippen LogP contribution >= 0.6 is 0 Å². The Labute approximate surface area is 223 Å². The first-order chi connectivity index (χ1) is 18.7. The molecule has 39 heavy (non-hydrogen) atoms. The number of amides is 3. The van der Waals surface area contributed by atoms with Crippen LogP contribution in [0.5, 0.6) is 6.01 Å². The molecule has 5 rings (SSSR count). The number of urea groups is 1. The lowest BCUT2D eigenvalue weighted by atomic mass is 10.0. The van der Waals surface area contributed by atoms with Crippen LogP contribution < -0.4 is 31.3 Å². The van der Waals surface area contributed by atoms with E-state index in [-0.39, 0.29) is 42.3 Å². The molecule has 0 saturated carbocycles. The first-order valence-corrected chi connectivity index (χ1v) is 12.6. The van der Waals surface area contributed by atoms with Crippen molar-refractivity contribution in [3.8, 4) is 6.01 Å². The van der Waals surface area contributed by atoms with Crippen LogP contribution in [-0.4, -0.2) is 70.0 Å². The molecule has 1 aliphatic rings. The summed E-state index contributed by atoms with van der Waals surface area (Å²) >= 11 is 0. The highest BCUT2D eigenvalue weighted by Crippen LogP contribution is 2.31. The van der Waals surface area contributed by atoms with Crippen molar-refractivity contribution in [3.05, 3.63) is 48.0 Å². The fraction of sp³-hybridized carbons (Fsp3) is 0.346. The Balaban J connectivity index is 1.50. The minimum absolute atomic E-state index is 0.0461. The molecule has 3 amide bonds. The molecule has 204 valence electrons. The van der Waals surface area contributed by atoms with Gasteiger partial charge in [-0.2, -0.15) is 10.1 Å². The largest absolute Gasteiger partial charge is 0.462 e. The Morgan fingerprint density at radius 2 is 1.97 bits per heavy atom. The first kappa shape index (κ1) is 26.1. The minimum atomic E-state index is -0.665. The van der Waals surface area contributed by atoms with Crippen molar-refractivity contribution in [3.63, 3.8) is 0 Å². The summed E-state index contributed by atoms with van der Waals surface area (Å²) in [7, 11) is 1.70. The third kappa shape index (κ3) is 5.67. The van der Waals surface area contributed by atoms with Crippen LogP contribution in [0.1, 0.15) is 24.2 Å². The van der Waals surface area contributed by atoms with E-state index in [1.165, 1.54) is 10.7 Å². The van der Waals surface area contributed by atoms with Gasteiger partial charge in [0.25, 0.3) is 5.91 Å². The van der Waals surface area contributed by atoms with Crippen LogP contribution in [0.2, 0.25) is 0 Å². The van der Waals surface area contributed by atoms with Gasteiger partial charge in [0, 0.05) is 66.8 Å². The molecular weight excluding hydrogens is 505 g/mol. The summed E-state index contributed by atoms with van der Waals surface area (Å²) in [6.07, 6.45) is 3.31. The molecule has 13 heteroatoms. The molecule has 0 bridgehead atoms. The number of aryl methyl sites for hydroxylation is 1. The van der Waals surface area contributed by atoms with Crippen molar-refractivity contribution in [2.75, 3.05) is 36.5 Å². The molecule has 1 saturated heterocycles. The van der Waals surface area contributed by atoms with E-state index >= 15 is 0 Å². The number of aromatic nitrogens is 4. The van der Waals surface area contributed by atoms with Crippen molar-refractivity contribution in [1.82, 2.24) is 30.4 Å². The third-order valence-electron chi connectivity index (χ3n) is 6.42.